The molecule has 5 heteroatoms. The first kappa shape index (κ1) is 17.6. The molecule has 0 unspecified atom stereocenters. The van der Waals surface area contributed by atoms with Crippen LogP contribution in [-0.4, -0.2) is 38.2 Å². The fourth-order valence-electron chi connectivity index (χ4n) is 2.13. The lowest BCUT2D eigenvalue weighted by atomic mass is 10.2. The van der Waals surface area contributed by atoms with Crippen molar-refractivity contribution in [3.8, 4) is 0 Å². The minimum Gasteiger partial charge on any atom is -0.373 e. The highest BCUT2D eigenvalue weighted by atomic mass is 28.4. The third-order valence-corrected chi connectivity index (χ3v) is 12.8. The molecule has 3 nitrogen and oxygen atoms in total. The molecule has 0 aliphatic rings. The lowest BCUT2D eigenvalue weighted by molar-refractivity contribution is 0.140. The van der Waals surface area contributed by atoms with Crippen molar-refractivity contribution in [2.75, 3.05) is 21.3 Å². The van der Waals surface area contributed by atoms with E-state index in [9.17, 15) is 0 Å². The highest BCUT2D eigenvalue weighted by Gasteiger charge is 2.42. The van der Waals surface area contributed by atoms with Crippen LogP contribution in [0.25, 0.3) is 0 Å². The zero-order chi connectivity index (χ0) is 15.6. The average Bonchev–Trinajstić information content (AvgIpc) is 2.41. The predicted molar refractivity (Wildman–Crippen MR) is 89.7 cm³/mol. The zero-order valence-electron chi connectivity index (χ0n) is 14.0. The van der Waals surface area contributed by atoms with Gasteiger partial charge in [-0.15, -0.1) is 0 Å². The normalized spacial score (nSPS) is 13.6. The molecule has 1 rings (SSSR count). The van der Waals surface area contributed by atoms with Gasteiger partial charge in [-0.1, -0.05) is 63.3 Å². The van der Waals surface area contributed by atoms with Crippen molar-refractivity contribution in [3.05, 3.63) is 24.3 Å². The second kappa shape index (κ2) is 6.11. The predicted octanol–water partition coefficient (Wildman–Crippen LogP) is 2.49. The number of benzene rings is 1. The summed E-state index contributed by atoms with van der Waals surface area (Å²) >= 11 is 0. The Morgan fingerprint density at radius 1 is 0.750 bits per heavy atom. The van der Waals surface area contributed by atoms with Gasteiger partial charge in [0.05, 0.1) is 8.07 Å². The fraction of sp³-hybridized carbons (Fsp3) is 0.600. The maximum atomic E-state index is 5.52. The molecule has 1 aromatic carbocycles. The third-order valence-electron chi connectivity index (χ3n) is 4.64. The zero-order valence-corrected chi connectivity index (χ0v) is 16.0. The molecule has 0 aromatic heterocycles. The minimum atomic E-state index is -2.71. The Balaban J connectivity index is 3.18. The van der Waals surface area contributed by atoms with Gasteiger partial charge < -0.3 is 13.3 Å². The highest BCUT2D eigenvalue weighted by Crippen LogP contribution is 2.35. The Bertz CT molecular complexity index is 402. The Morgan fingerprint density at radius 2 is 1.10 bits per heavy atom. The van der Waals surface area contributed by atoms with Gasteiger partial charge in [-0.25, -0.2) is 0 Å². The summed E-state index contributed by atoms with van der Waals surface area (Å²) < 4.78 is 16.6. The average molecular weight is 313 g/mol. The van der Waals surface area contributed by atoms with Gasteiger partial charge in [-0.3, -0.25) is 0 Å². The fourth-order valence-corrected chi connectivity index (χ4v) is 5.78. The van der Waals surface area contributed by atoms with Gasteiger partial charge in [-0.2, -0.15) is 0 Å². The SMILES string of the molecule is CO[Si](OC)(OC)c1ccc([Si](C)(C)C(C)(C)C)cc1. The van der Waals surface area contributed by atoms with E-state index in [0.717, 1.165) is 5.19 Å². The molecule has 1 aromatic rings. The Labute approximate surface area is 125 Å². The molecular formula is C15H28O3Si2. The molecular weight excluding hydrogens is 284 g/mol. The molecule has 20 heavy (non-hydrogen) atoms. The smallest absolute Gasteiger partial charge is 0.373 e. The van der Waals surface area contributed by atoms with Crippen LogP contribution in [0.5, 0.6) is 0 Å². The van der Waals surface area contributed by atoms with E-state index >= 15 is 0 Å². The van der Waals surface area contributed by atoms with Crippen molar-refractivity contribution in [3.63, 3.8) is 0 Å². The summed E-state index contributed by atoms with van der Waals surface area (Å²) in [6.07, 6.45) is 0. The monoisotopic (exact) mass is 312 g/mol. The summed E-state index contributed by atoms with van der Waals surface area (Å²) in [5.74, 6) is 0. The molecule has 0 atom stereocenters. The summed E-state index contributed by atoms with van der Waals surface area (Å²) in [7, 11) is 0.713. The minimum absolute atomic E-state index is 0.326. The van der Waals surface area contributed by atoms with Crippen molar-refractivity contribution < 1.29 is 13.3 Å². The molecule has 0 heterocycles. The van der Waals surface area contributed by atoms with E-state index in [1.54, 1.807) is 21.3 Å². The summed E-state index contributed by atoms with van der Waals surface area (Å²) in [4.78, 5) is 0. The molecule has 0 spiro atoms. The summed E-state index contributed by atoms with van der Waals surface area (Å²) in [6, 6.07) is 8.62. The van der Waals surface area contributed by atoms with Crippen molar-refractivity contribution in [2.45, 2.75) is 38.9 Å². The molecule has 0 bridgehead atoms. The van der Waals surface area contributed by atoms with Gasteiger partial charge in [-0.05, 0) is 5.04 Å². The molecule has 0 fully saturated rings. The molecule has 114 valence electrons. The van der Waals surface area contributed by atoms with E-state index in [1.165, 1.54) is 5.19 Å². The van der Waals surface area contributed by atoms with Crippen molar-refractivity contribution in [1.82, 2.24) is 0 Å². The molecule has 0 saturated heterocycles. The Kier molecular flexibility index (Phi) is 5.37. The summed E-state index contributed by atoms with van der Waals surface area (Å²) in [5.41, 5.74) is 0. The number of hydrogen-bond donors (Lipinski definition) is 0. The van der Waals surface area contributed by atoms with E-state index < -0.39 is 16.9 Å². The maximum absolute atomic E-state index is 5.52. The maximum Gasteiger partial charge on any atom is 0.536 e. The second-order valence-corrected chi connectivity index (χ2v) is 14.9. The largest absolute Gasteiger partial charge is 0.536 e. The van der Waals surface area contributed by atoms with Gasteiger partial charge >= 0.3 is 8.80 Å². The quantitative estimate of drug-likeness (QED) is 0.782. The molecule has 0 aliphatic carbocycles. The number of hydrogen-bond acceptors (Lipinski definition) is 3. The molecule has 0 N–H and O–H groups in total. The van der Waals surface area contributed by atoms with E-state index in [0.29, 0.717) is 5.04 Å². The molecule has 0 amide bonds. The first-order chi connectivity index (χ1) is 9.14. The van der Waals surface area contributed by atoms with Crippen LogP contribution in [0.2, 0.25) is 18.1 Å². The Morgan fingerprint density at radius 3 is 1.40 bits per heavy atom. The van der Waals surface area contributed by atoms with Crippen LogP contribution < -0.4 is 10.4 Å². The van der Waals surface area contributed by atoms with Gasteiger partial charge in [0.25, 0.3) is 0 Å². The highest BCUT2D eigenvalue weighted by molar-refractivity contribution is 6.92. The molecule has 0 saturated carbocycles. The summed E-state index contributed by atoms with van der Waals surface area (Å²) in [5, 5.41) is 2.78. The van der Waals surface area contributed by atoms with Crippen LogP contribution in [0.15, 0.2) is 24.3 Å². The van der Waals surface area contributed by atoms with E-state index in [4.69, 9.17) is 13.3 Å². The van der Waals surface area contributed by atoms with Crippen LogP contribution in [0, 0.1) is 0 Å². The van der Waals surface area contributed by atoms with Gasteiger partial charge in [0.1, 0.15) is 0 Å². The van der Waals surface area contributed by atoms with E-state index in [-0.39, 0.29) is 0 Å². The topological polar surface area (TPSA) is 27.7 Å². The first-order valence-corrected chi connectivity index (χ1v) is 11.6. The van der Waals surface area contributed by atoms with E-state index in [1.807, 2.05) is 0 Å². The lowest BCUT2D eigenvalue weighted by Crippen LogP contribution is -2.56. The molecule has 0 aliphatic heterocycles. The van der Waals surface area contributed by atoms with Crippen LogP contribution in [0.1, 0.15) is 20.8 Å². The van der Waals surface area contributed by atoms with Gasteiger partial charge in [0.15, 0.2) is 0 Å². The van der Waals surface area contributed by atoms with Crippen molar-refractivity contribution in [1.29, 1.82) is 0 Å². The standard InChI is InChI=1S/C15H28O3Si2/c1-15(2,3)19(7,8)13-9-11-14(12-10-13)20(16-4,17-5)18-6/h9-12H,1-8H3. The van der Waals surface area contributed by atoms with Crippen molar-refractivity contribution >= 4 is 27.3 Å². The Hall–Kier alpha value is -0.466. The van der Waals surface area contributed by atoms with Gasteiger partial charge in [0.2, 0.25) is 0 Å². The van der Waals surface area contributed by atoms with Crippen molar-refractivity contribution in [2.24, 2.45) is 0 Å². The summed E-state index contributed by atoms with van der Waals surface area (Å²) in [6.45, 7) is 11.8. The lowest BCUT2D eigenvalue weighted by Gasteiger charge is -2.37. The van der Waals surface area contributed by atoms with Crippen LogP contribution >= 0.6 is 0 Å². The van der Waals surface area contributed by atoms with Gasteiger partial charge in [0, 0.05) is 26.5 Å². The number of rotatable bonds is 5. The second-order valence-electron chi connectivity index (χ2n) is 6.62. The van der Waals surface area contributed by atoms with Crippen LogP contribution in [-0.2, 0) is 13.3 Å². The third kappa shape index (κ3) is 3.07. The van der Waals surface area contributed by atoms with E-state index in [2.05, 4.69) is 58.1 Å². The first-order valence-electron chi connectivity index (χ1n) is 6.91. The van der Waals surface area contributed by atoms with Crippen LogP contribution in [0.3, 0.4) is 0 Å². The van der Waals surface area contributed by atoms with Crippen LogP contribution in [0.4, 0.5) is 0 Å². The molecule has 0 radical (unpaired) electrons.